The number of pyridine rings is 1. The Morgan fingerprint density at radius 3 is 3.13 bits per heavy atom. The molecule has 0 aromatic carbocycles. The zero-order valence-corrected chi connectivity index (χ0v) is 9.50. The number of hydrogen-bond acceptors (Lipinski definition) is 3. The minimum absolute atomic E-state index is 0.592. The van der Waals surface area contributed by atoms with Crippen molar-refractivity contribution in [1.82, 2.24) is 10.3 Å². The number of nitrogens with one attached hydrogen (secondary N) is 1. The van der Waals surface area contributed by atoms with Crippen molar-refractivity contribution in [2.75, 3.05) is 18.8 Å². The van der Waals surface area contributed by atoms with Crippen molar-refractivity contribution >= 4 is 10.8 Å². The summed E-state index contributed by atoms with van der Waals surface area (Å²) in [7, 11) is -0.763. The fourth-order valence-electron chi connectivity index (χ4n) is 1.83. The van der Waals surface area contributed by atoms with Crippen molar-refractivity contribution in [3.63, 3.8) is 0 Å². The van der Waals surface area contributed by atoms with Gasteiger partial charge in [-0.1, -0.05) is 6.07 Å². The molecule has 2 rings (SSSR count). The summed E-state index contributed by atoms with van der Waals surface area (Å²) in [6.45, 7) is 2.10. The molecule has 0 amide bonds. The first-order valence-electron chi connectivity index (χ1n) is 5.30. The van der Waals surface area contributed by atoms with Crippen molar-refractivity contribution in [2.45, 2.75) is 12.2 Å². The van der Waals surface area contributed by atoms with Gasteiger partial charge in [0, 0.05) is 22.7 Å². The number of rotatable bonds is 4. The largest absolute Gasteiger partial charge is 0.316 e. The highest BCUT2D eigenvalue weighted by Crippen LogP contribution is 2.11. The van der Waals surface area contributed by atoms with E-state index < -0.39 is 10.8 Å². The van der Waals surface area contributed by atoms with Gasteiger partial charge in [-0.05, 0) is 37.6 Å². The Labute approximate surface area is 92.8 Å². The lowest BCUT2D eigenvalue weighted by atomic mass is 10.2. The van der Waals surface area contributed by atoms with Gasteiger partial charge in [0.25, 0.3) is 0 Å². The van der Waals surface area contributed by atoms with Gasteiger partial charge in [0.15, 0.2) is 0 Å². The Morgan fingerprint density at radius 1 is 1.53 bits per heavy atom. The van der Waals surface area contributed by atoms with Crippen LogP contribution in [-0.2, 0) is 16.6 Å². The molecule has 0 spiro atoms. The Balaban J connectivity index is 1.82. The molecule has 2 atom stereocenters. The van der Waals surface area contributed by atoms with Crippen LogP contribution in [0.3, 0.4) is 0 Å². The standard InChI is InChI=1S/C11H16N2OS/c14-15(8-10-4-6-12-7-10)9-11-3-1-2-5-13-11/h1-3,5,10,12H,4,6-9H2. The van der Waals surface area contributed by atoms with Crippen LogP contribution in [0.4, 0.5) is 0 Å². The maximum Gasteiger partial charge on any atom is 0.0658 e. The summed E-state index contributed by atoms with van der Waals surface area (Å²) in [5.41, 5.74) is 0.932. The Hall–Kier alpha value is -0.740. The van der Waals surface area contributed by atoms with E-state index >= 15 is 0 Å². The first-order valence-corrected chi connectivity index (χ1v) is 6.79. The summed E-state index contributed by atoms with van der Waals surface area (Å²) >= 11 is 0. The van der Waals surface area contributed by atoms with Crippen LogP contribution < -0.4 is 5.32 Å². The van der Waals surface area contributed by atoms with Gasteiger partial charge in [0.05, 0.1) is 11.4 Å². The van der Waals surface area contributed by atoms with Gasteiger partial charge < -0.3 is 5.32 Å². The monoisotopic (exact) mass is 224 g/mol. The molecule has 1 aromatic heterocycles. The molecule has 2 heterocycles. The molecule has 15 heavy (non-hydrogen) atoms. The fourth-order valence-corrected chi connectivity index (χ4v) is 3.26. The summed E-state index contributed by atoms with van der Waals surface area (Å²) in [5, 5.41) is 3.29. The summed E-state index contributed by atoms with van der Waals surface area (Å²) < 4.78 is 11.8. The van der Waals surface area contributed by atoms with Gasteiger partial charge in [-0.25, -0.2) is 0 Å². The molecule has 1 aliphatic heterocycles. The molecule has 1 N–H and O–H groups in total. The quantitative estimate of drug-likeness (QED) is 0.827. The molecule has 4 heteroatoms. The molecule has 3 nitrogen and oxygen atoms in total. The molecular weight excluding hydrogens is 208 g/mol. The van der Waals surface area contributed by atoms with Crippen molar-refractivity contribution in [2.24, 2.45) is 5.92 Å². The molecule has 0 aliphatic carbocycles. The maximum absolute atomic E-state index is 11.8. The molecule has 1 aromatic rings. The number of hydrogen-bond donors (Lipinski definition) is 1. The topological polar surface area (TPSA) is 42.0 Å². The second-order valence-electron chi connectivity index (χ2n) is 3.93. The van der Waals surface area contributed by atoms with Gasteiger partial charge in [0.1, 0.15) is 0 Å². The summed E-state index contributed by atoms with van der Waals surface area (Å²) in [5.74, 6) is 2.00. The average Bonchev–Trinajstić information content (AvgIpc) is 2.71. The van der Waals surface area contributed by atoms with Crippen LogP contribution in [0.5, 0.6) is 0 Å². The molecule has 0 saturated carbocycles. The van der Waals surface area contributed by atoms with E-state index in [1.165, 1.54) is 0 Å². The second-order valence-corrected chi connectivity index (χ2v) is 5.43. The third-order valence-electron chi connectivity index (χ3n) is 2.62. The summed E-state index contributed by atoms with van der Waals surface area (Å²) in [6.07, 6.45) is 2.91. The van der Waals surface area contributed by atoms with Crippen LogP contribution in [0, 0.1) is 5.92 Å². The summed E-state index contributed by atoms with van der Waals surface area (Å²) in [4.78, 5) is 4.18. The molecule has 2 unspecified atom stereocenters. The zero-order valence-electron chi connectivity index (χ0n) is 8.69. The normalized spacial score (nSPS) is 22.8. The van der Waals surface area contributed by atoms with Gasteiger partial charge >= 0.3 is 0 Å². The lowest BCUT2D eigenvalue weighted by molar-refractivity contribution is 0.632. The van der Waals surface area contributed by atoms with E-state index in [0.717, 1.165) is 31.0 Å². The maximum atomic E-state index is 11.8. The first-order chi connectivity index (χ1) is 7.34. The fraction of sp³-hybridized carbons (Fsp3) is 0.545. The lowest BCUT2D eigenvalue weighted by Gasteiger charge is -2.07. The van der Waals surface area contributed by atoms with Gasteiger partial charge in [-0.15, -0.1) is 0 Å². The Morgan fingerprint density at radius 2 is 2.47 bits per heavy atom. The van der Waals surface area contributed by atoms with Crippen LogP contribution in [-0.4, -0.2) is 28.0 Å². The van der Waals surface area contributed by atoms with E-state index in [9.17, 15) is 4.21 Å². The predicted octanol–water partition coefficient (Wildman–Crippen LogP) is 0.940. The van der Waals surface area contributed by atoms with Gasteiger partial charge in [-0.3, -0.25) is 9.19 Å². The highest BCUT2D eigenvalue weighted by Gasteiger charge is 2.17. The highest BCUT2D eigenvalue weighted by molar-refractivity contribution is 7.84. The van der Waals surface area contributed by atoms with E-state index in [1.54, 1.807) is 6.20 Å². The van der Waals surface area contributed by atoms with E-state index in [0.29, 0.717) is 11.7 Å². The van der Waals surface area contributed by atoms with E-state index in [1.807, 2.05) is 18.2 Å². The van der Waals surface area contributed by atoms with E-state index in [4.69, 9.17) is 0 Å². The lowest BCUT2D eigenvalue weighted by Crippen LogP contribution is -2.16. The molecule has 1 saturated heterocycles. The predicted molar refractivity (Wildman–Crippen MR) is 61.9 cm³/mol. The van der Waals surface area contributed by atoms with Crippen molar-refractivity contribution < 1.29 is 4.21 Å². The van der Waals surface area contributed by atoms with E-state index in [-0.39, 0.29) is 0 Å². The van der Waals surface area contributed by atoms with Crippen LogP contribution in [0.1, 0.15) is 12.1 Å². The third-order valence-corrected chi connectivity index (χ3v) is 4.08. The van der Waals surface area contributed by atoms with Crippen molar-refractivity contribution in [3.05, 3.63) is 30.1 Å². The molecule has 0 radical (unpaired) electrons. The molecule has 1 fully saturated rings. The van der Waals surface area contributed by atoms with Crippen LogP contribution >= 0.6 is 0 Å². The van der Waals surface area contributed by atoms with Gasteiger partial charge in [-0.2, -0.15) is 0 Å². The van der Waals surface area contributed by atoms with Crippen LogP contribution in [0.2, 0.25) is 0 Å². The highest BCUT2D eigenvalue weighted by atomic mass is 32.2. The molecule has 82 valence electrons. The average molecular weight is 224 g/mol. The Bertz CT molecular complexity index is 323. The number of nitrogens with zero attached hydrogens (tertiary/aromatic N) is 1. The smallest absolute Gasteiger partial charge is 0.0658 e. The molecule has 0 bridgehead atoms. The minimum Gasteiger partial charge on any atom is -0.316 e. The summed E-state index contributed by atoms with van der Waals surface area (Å²) in [6, 6.07) is 5.76. The third kappa shape index (κ3) is 3.39. The Kier molecular flexibility index (Phi) is 3.86. The van der Waals surface area contributed by atoms with E-state index in [2.05, 4.69) is 10.3 Å². The van der Waals surface area contributed by atoms with Crippen LogP contribution in [0.25, 0.3) is 0 Å². The minimum atomic E-state index is -0.763. The number of aromatic nitrogens is 1. The first kappa shape index (κ1) is 10.8. The SMILES string of the molecule is O=S(Cc1ccccn1)CC1CCNC1. The van der Waals surface area contributed by atoms with Gasteiger partial charge in [0.2, 0.25) is 0 Å². The molecular formula is C11H16N2OS. The van der Waals surface area contributed by atoms with Crippen molar-refractivity contribution in [3.8, 4) is 0 Å². The van der Waals surface area contributed by atoms with Crippen molar-refractivity contribution in [1.29, 1.82) is 0 Å². The second kappa shape index (κ2) is 5.37. The molecule has 1 aliphatic rings. The zero-order chi connectivity index (χ0) is 10.5. The van der Waals surface area contributed by atoms with Crippen LogP contribution in [0.15, 0.2) is 24.4 Å².